The molecule has 0 amide bonds. The summed E-state index contributed by atoms with van der Waals surface area (Å²) < 4.78 is 4.90. The van der Waals surface area contributed by atoms with E-state index in [1.165, 1.54) is 63.6 Å². The normalized spacial score (nSPS) is 12.0. The molecule has 232 valence electrons. The van der Waals surface area contributed by atoms with Gasteiger partial charge in [-0.3, -0.25) is 4.57 Å². The number of rotatable bonds is 3. The fourth-order valence-electron chi connectivity index (χ4n) is 7.88. The second-order valence-corrected chi connectivity index (χ2v) is 14.0. The summed E-state index contributed by atoms with van der Waals surface area (Å²) in [7, 11) is 0. The minimum atomic E-state index is 0.672. The van der Waals surface area contributed by atoms with E-state index < -0.39 is 0 Å². The second kappa shape index (κ2) is 10.6. The summed E-state index contributed by atoms with van der Waals surface area (Å²) in [5.41, 5.74) is 7.63. The average molecular weight is 654 g/mol. The lowest BCUT2D eigenvalue weighted by Gasteiger charge is -2.12. The molecule has 0 aliphatic heterocycles. The zero-order chi connectivity index (χ0) is 32.8. The number of aromatic nitrogens is 3. The van der Waals surface area contributed by atoms with E-state index in [1.54, 1.807) is 0 Å². The van der Waals surface area contributed by atoms with Crippen molar-refractivity contribution < 1.29 is 0 Å². The van der Waals surface area contributed by atoms with Gasteiger partial charge in [0.2, 0.25) is 5.95 Å². The Morgan fingerprint density at radius 3 is 2.10 bits per heavy atom. The lowest BCUT2D eigenvalue weighted by atomic mass is 9.97. The first-order chi connectivity index (χ1) is 24.8. The molecule has 3 nitrogen and oxygen atoms in total. The molecule has 4 heteroatoms. The molecule has 0 fully saturated rings. The van der Waals surface area contributed by atoms with E-state index in [0.717, 1.165) is 33.2 Å². The van der Waals surface area contributed by atoms with Gasteiger partial charge in [0.05, 0.1) is 22.2 Å². The predicted octanol–water partition coefficient (Wildman–Crippen LogP) is 12.7. The number of thiophene rings is 1. The molecule has 3 heterocycles. The first-order valence-corrected chi connectivity index (χ1v) is 17.7. The van der Waals surface area contributed by atoms with Crippen LogP contribution in [0.4, 0.5) is 0 Å². The van der Waals surface area contributed by atoms with Crippen molar-refractivity contribution >= 4 is 85.8 Å². The molecule has 11 rings (SSSR count). The van der Waals surface area contributed by atoms with Crippen LogP contribution < -0.4 is 0 Å². The van der Waals surface area contributed by atoms with Crippen molar-refractivity contribution in [1.82, 2.24) is 14.5 Å². The molecule has 0 bridgehead atoms. The van der Waals surface area contributed by atoms with Gasteiger partial charge in [-0.2, -0.15) is 0 Å². The van der Waals surface area contributed by atoms with Crippen LogP contribution in [-0.2, 0) is 0 Å². The summed E-state index contributed by atoms with van der Waals surface area (Å²) >= 11 is 1.88. The van der Waals surface area contributed by atoms with E-state index in [0.29, 0.717) is 5.95 Å². The van der Waals surface area contributed by atoms with Crippen LogP contribution >= 0.6 is 11.3 Å². The monoisotopic (exact) mass is 653 g/mol. The molecule has 0 aliphatic rings. The van der Waals surface area contributed by atoms with Crippen LogP contribution in [0.1, 0.15) is 0 Å². The lowest BCUT2D eigenvalue weighted by molar-refractivity contribution is 1.01. The standard InChI is InChI=1S/C46H27N3S/c1-2-11-29-26-32(21-20-28(29)10-1)44-37-13-3-6-17-39(37)47-46(48-44)49-40-18-7-4-14-38(40)43-33-24-22-31(27-30(33)23-25-41(43)49)34-15-9-16-36-35-12-5-8-19-42(35)50-45(34)36/h1-27H. The molecule has 0 saturated carbocycles. The largest absolute Gasteiger partial charge is 0.278 e. The highest BCUT2D eigenvalue weighted by atomic mass is 32.1. The van der Waals surface area contributed by atoms with Crippen molar-refractivity contribution in [3.8, 4) is 28.3 Å². The molecule has 0 unspecified atom stereocenters. The van der Waals surface area contributed by atoms with Gasteiger partial charge in [-0.25, -0.2) is 9.97 Å². The molecular weight excluding hydrogens is 627 g/mol. The first-order valence-electron chi connectivity index (χ1n) is 16.9. The smallest absolute Gasteiger partial charge is 0.235 e. The summed E-state index contributed by atoms with van der Waals surface area (Å²) in [4.78, 5) is 10.6. The maximum Gasteiger partial charge on any atom is 0.235 e. The fourth-order valence-corrected chi connectivity index (χ4v) is 9.11. The Hall–Kier alpha value is -6.36. The van der Waals surface area contributed by atoms with Crippen LogP contribution in [-0.4, -0.2) is 14.5 Å². The van der Waals surface area contributed by atoms with E-state index >= 15 is 0 Å². The van der Waals surface area contributed by atoms with Crippen molar-refractivity contribution in [3.63, 3.8) is 0 Å². The van der Waals surface area contributed by atoms with E-state index in [4.69, 9.17) is 9.97 Å². The van der Waals surface area contributed by atoms with E-state index in [9.17, 15) is 0 Å². The molecule has 0 atom stereocenters. The van der Waals surface area contributed by atoms with Crippen molar-refractivity contribution in [1.29, 1.82) is 0 Å². The van der Waals surface area contributed by atoms with Gasteiger partial charge in [0.1, 0.15) is 0 Å². The molecule has 0 N–H and O–H groups in total. The highest BCUT2D eigenvalue weighted by molar-refractivity contribution is 7.26. The Morgan fingerprint density at radius 2 is 1.16 bits per heavy atom. The van der Waals surface area contributed by atoms with Crippen molar-refractivity contribution in [2.75, 3.05) is 0 Å². The predicted molar refractivity (Wildman–Crippen MR) is 213 cm³/mol. The third-order valence-electron chi connectivity index (χ3n) is 10.2. The number of nitrogens with zero attached hydrogens (tertiary/aromatic N) is 3. The van der Waals surface area contributed by atoms with Crippen LogP contribution in [0.2, 0.25) is 0 Å². The van der Waals surface area contributed by atoms with Gasteiger partial charge in [-0.1, -0.05) is 127 Å². The maximum atomic E-state index is 5.35. The minimum absolute atomic E-state index is 0.672. The zero-order valence-electron chi connectivity index (χ0n) is 26.8. The SMILES string of the molecule is c1ccc2cc(-c3nc(-n4c5ccccc5c5c6ccc(-c7cccc8c7sc7ccccc78)cc6ccc54)nc4ccccc34)ccc2c1. The van der Waals surface area contributed by atoms with Crippen LogP contribution in [0.25, 0.3) is 103 Å². The van der Waals surface area contributed by atoms with Crippen LogP contribution in [0.15, 0.2) is 164 Å². The fraction of sp³-hybridized carbons (Fsp3) is 0. The third kappa shape index (κ3) is 4.03. The lowest BCUT2D eigenvalue weighted by Crippen LogP contribution is -2.03. The average Bonchev–Trinajstić information content (AvgIpc) is 3.73. The van der Waals surface area contributed by atoms with Crippen LogP contribution in [0.5, 0.6) is 0 Å². The minimum Gasteiger partial charge on any atom is -0.278 e. The van der Waals surface area contributed by atoms with Gasteiger partial charge in [0, 0.05) is 41.9 Å². The number of hydrogen-bond donors (Lipinski definition) is 0. The van der Waals surface area contributed by atoms with Gasteiger partial charge in [0.15, 0.2) is 0 Å². The van der Waals surface area contributed by atoms with Crippen LogP contribution in [0.3, 0.4) is 0 Å². The topological polar surface area (TPSA) is 30.7 Å². The van der Waals surface area contributed by atoms with Gasteiger partial charge in [0.25, 0.3) is 0 Å². The number of para-hydroxylation sites is 2. The Labute approximate surface area is 291 Å². The van der Waals surface area contributed by atoms with Gasteiger partial charge in [-0.05, 0) is 69.1 Å². The summed E-state index contributed by atoms with van der Waals surface area (Å²) in [5.74, 6) is 0.672. The summed E-state index contributed by atoms with van der Waals surface area (Å²) in [6.07, 6.45) is 0. The van der Waals surface area contributed by atoms with E-state index in [2.05, 4.69) is 168 Å². The highest BCUT2D eigenvalue weighted by Crippen LogP contribution is 2.42. The molecule has 11 aromatic rings. The van der Waals surface area contributed by atoms with E-state index in [1.807, 2.05) is 11.3 Å². The van der Waals surface area contributed by atoms with Crippen molar-refractivity contribution in [3.05, 3.63) is 164 Å². The molecule has 0 spiro atoms. The Balaban J connectivity index is 1.14. The summed E-state index contributed by atoms with van der Waals surface area (Å²) in [6, 6.07) is 58.9. The van der Waals surface area contributed by atoms with Gasteiger partial charge < -0.3 is 0 Å². The molecule has 0 radical (unpaired) electrons. The molecule has 8 aromatic carbocycles. The second-order valence-electron chi connectivity index (χ2n) is 13.0. The number of hydrogen-bond acceptors (Lipinski definition) is 3. The van der Waals surface area contributed by atoms with Gasteiger partial charge in [-0.15, -0.1) is 11.3 Å². The van der Waals surface area contributed by atoms with Crippen molar-refractivity contribution in [2.24, 2.45) is 0 Å². The molecule has 3 aromatic heterocycles. The maximum absolute atomic E-state index is 5.35. The molecular formula is C46H27N3S. The third-order valence-corrected chi connectivity index (χ3v) is 11.4. The highest BCUT2D eigenvalue weighted by Gasteiger charge is 2.19. The number of fused-ring (bicyclic) bond motifs is 10. The molecule has 0 aliphatic carbocycles. The van der Waals surface area contributed by atoms with Gasteiger partial charge >= 0.3 is 0 Å². The Morgan fingerprint density at radius 1 is 0.440 bits per heavy atom. The molecule has 50 heavy (non-hydrogen) atoms. The summed E-state index contributed by atoms with van der Waals surface area (Å²) in [5, 5.41) is 10.9. The Bertz CT molecular complexity index is 3170. The van der Waals surface area contributed by atoms with E-state index in [-0.39, 0.29) is 0 Å². The van der Waals surface area contributed by atoms with Crippen molar-refractivity contribution in [2.45, 2.75) is 0 Å². The quantitative estimate of drug-likeness (QED) is 0.190. The van der Waals surface area contributed by atoms with Crippen LogP contribution in [0, 0.1) is 0 Å². The Kier molecular flexibility index (Phi) is 5.83. The summed E-state index contributed by atoms with van der Waals surface area (Å²) in [6.45, 7) is 0. The first kappa shape index (κ1) is 27.6. The number of benzene rings is 8. The zero-order valence-corrected chi connectivity index (χ0v) is 27.7. The molecule has 0 saturated heterocycles.